The van der Waals surface area contributed by atoms with E-state index in [1.165, 1.54) is 0 Å². The lowest BCUT2D eigenvalue weighted by Gasteiger charge is -2.37. The van der Waals surface area contributed by atoms with Gasteiger partial charge < -0.3 is 5.32 Å². The summed E-state index contributed by atoms with van der Waals surface area (Å²) in [4.78, 5) is 0. The number of sulfonamides is 1. The molecule has 0 saturated carbocycles. The molecule has 1 rings (SSSR count). The van der Waals surface area contributed by atoms with Crippen LogP contribution in [0.5, 0.6) is 0 Å². The van der Waals surface area contributed by atoms with E-state index >= 15 is 0 Å². The van der Waals surface area contributed by atoms with Crippen LogP contribution in [0.25, 0.3) is 0 Å². The highest BCUT2D eigenvalue weighted by molar-refractivity contribution is 7.89. The van der Waals surface area contributed by atoms with Gasteiger partial charge in [-0.2, -0.15) is 4.31 Å². The molecule has 1 heterocycles. The summed E-state index contributed by atoms with van der Waals surface area (Å²) in [6.07, 6.45) is 1.96. The number of hydrogen-bond acceptors (Lipinski definition) is 3. The fraction of sp³-hybridized carbons (Fsp3) is 1.00. The van der Waals surface area contributed by atoms with Crippen LogP contribution in [-0.2, 0) is 10.0 Å². The molecule has 0 aromatic rings. The molecule has 1 aliphatic rings. The second-order valence-corrected chi connectivity index (χ2v) is 7.31. The topological polar surface area (TPSA) is 49.4 Å². The van der Waals surface area contributed by atoms with Gasteiger partial charge in [-0.3, -0.25) is 0 Å². The zero-order chi connectivity index (χ0) is 12.3. The fourth-order valence-electron chi connectivity index (χ4n) is 2.39. The zero-order valence-electron chi connectivity index (χ0n) is 10.7. The van der Waals surface area contributed by atoms with Crippen LogP contribution in [0.1, 0.15) is 33.6 Å². The van der Waals surface area contributed by atoms with E-state index in [2.05, 4.69) is 12.2 Å². The molecule has 4 nitrogen and oxygen atoms in total. The second kappa shape index (κ2) is 5.47. The van der Waals surface area contributed by atoms with Gasteiger partial charge in [0.25, 0.3) is 0 Å². The zero-order valence-corrected chi connectivity index (χ0v) is 11.5. The molecule has 0 spiro atoms. The highest BCUT2D eigenvalue weighted by Gasteiger charge is 2.35. The molecule has 1 fully saturated rings. The molecule has 0 aliphatic carbocycles. The molecule has 0 radical (unpaired) electrons. The van der Waals surface area contributed by atoms with E-state index in [4.69, 9.17) is 0 Å². The largest absolute Gasteiger partial charge is 0.318 e. The van der Waals surface area contributed by atoms with Crippen LogP contribution in [0.4, 0.5) is 0 Å². The molecule has 0 aromatic carbocycles. The maximum absolute atomic E-state index is 12.3. The molecular formula is C11H24N2O2S. The summed E-state index contributed by atoms with van der Waals surface area (Å²) in [5.41, 5.74) is 0. The van der Waals surface area contributed by atoms with E-state index < -0.39 is 10.0 Å². The van der Waals surface area contributed by atoms with Crippen LogP contribution in [0, 0.1) is 5.92 Å². The van der Waals surface area contributed by atoms with Crippen molar-refractivity contribution in [2.75, 3.05) is 20.1 Å². The van der Waals surface area contributed by atoms with Gasteiger partial charge in [0.1, 0.15) is 0 Å². The number of hydrogen-bond donors (Lipinski definition) is 1. The van der Waals surface area contributed by atoms with Crippen LogP contribution < -0.4 is 5.32 Å². The lowest BCUT2D eigenvalue weighted by molar-refractivity contribution is 0.218. The molecule has 1 saturated heterocycles. The van der Waals surface area contributed by atoms with E-state index in [1.54, 1.807) is 18.3 Å². The first-order valence-electron chi connectivity index (χ1n) is 6.04. The minimum absolute atomic E-state index is 0.146. The van der Waals surface area contributed by atoms with E-state index in [0.29, 0.717) is 19.0 Å². The van der Waals surface area contributed by atoms with Gasteiger partial charge >= 0.3 is 0 Å². The summed E-state index contributed by atoms with van der Waals surface area (Å²) in [6, 6.07) is 0.146. The van der Waals surface area contributed by atoms with Crippen molar-refractivity contribution in [3.8, 4) is 0 Å². The Morgan fingerprint density at radius 3 is 2.56 bits per heavy atom. The molecule has 3 atom stereocenters. The van der Waals surface area contributed by atoms with E-state index in [9.17, 15) is 8.42 Å². The summed E-state index contributed by atoms with van der Waals surface area (Å²) in [6.45, 7) is 7.17. The summed E-state index contributed by atoms with van der Waals surface area (Å²) in [5.74, 6) is 0.640. The van der Waals surface area contributed by atoms with Gasteiger partial charge in [0.15, 0.2) is 0 Å². The first-order chi connectivity index (χ1) is 7.39. The Labute approximate surface area is 99.5 Å². The van der Waals surface area contributed by atoms with Gasteiger partial charge in [-0.1, -0.05) is 6.92 Å². The Kier molecular flexibility index (Phi) is 4.76. The molecule has 0 amide bonds. The van der Waals surface area contributed by atoms with Crippen molar-refractivity contribution in [2.24, 2.45) is 5.92 Å². The van der Waals surface area contributed by atoms with Crippen molar-refractivity contribution in [1.29, 1.82) is 0 Å². The van der Waals surface area contributed by atoms with Crippen LogP contribution in [0.3, 0.4) is 0 Å². The van der Waals surface area contributed by atoms with Crippen molar-refractivity contribution in [1.82, 2.24) is 9.62 Å². The average molecular weight is 248 g/mol. The normalized spacial score (nSPS) is 30.2. The van der Waals surface area contributed by atoms with E-state index in [1.807, 2.05) is 6.92 Å². The predicted octanol–water partition coefficient (Wildman–Crippen LogP) is 1.04. The number of piperidine rings is 1. The molecule has 16 heavy (non-hydrogen) atoms. The molecule has 0 aromatic heterocycles. The highest BCUT2D eigenvalue weighted by Crippen LogP contribution is 2.26. The Morgan fingerprint density at radius 2 is 2.06 bits per heavy atom. The third-order valence-corrected chi connectivity index (χ3v) is 5.78. The summed E-state index contributed by atoms with van der Waals surface area (Å²) < 4.78 is 26.2. The molecule has 5 heteroatoms. The standard InChI is InChI=1S/C11H24N2O2S/c1-9-5-6-13(10(2)7-9)16(14,15)11(3)8-12-4/h9-12H,5-8H2,1-4H3. The number of rotatable bonds is 4. The molecule has 0 bridgehead atoms. The first-order valence-corrected chi connectivity index (χ1v) is 7.55. The van der Waals surface area contributed by atoms with Crippen LogP contribution in [0.15, 0.2) is 0 Å². The molecule has 96 valence electrons. The van der Waals surface area contributed by atoms with Gasteiger partial charge in [-0.25, -0.2) is 8.42 Å². The third kappa shape index (κ3) is 2.96. The average Bonchev–Trinajstić information content (AvgIpc) is 2.17. The van der Waals surface area contributed by atoms with Crippen molar-refractivity contribution in [3.63, 3.8) is 0 Å². The Hall–Kier alpha value is -0.130. The maximum Gasteiger partial charge on any atom is 0.218 e. The van der Waals surface area contributed by atoms with Crippen LogP contribution in [-0.4, -0.2) is 44.2 Å². The summed E-state index contributed by atoms with van der Waals surface area (Å²) in [5, 5.41) is 2.59. The van der Waals surface area contributed by atoms with Crippen molar-refractivity contribution >= 4 is 10.0 Å². The second-order valence-electron chi connectivity index (χ2n) is 5.00. The van der Waals surface area contributed by atoms with Gasteiger partial charge in [0, 0.05) is 19.1 Å². The van der Waals surface area contributed by atoms with E-state index in [-0.39, 0.29) is 11.3 Å². The van der Waals surface area contributed by atoms with Crippen LogP contribution >= 0.6 is 0 Å². The number of nitrogens with one attached hydrogen (secondary N) is 1. The molecular weight excluding hydrogens is 224 g/mol. The smallest absolute Gasteiger partial charge is 0.218 e. The monoisotopic (exact) mass is 248 g/mol. The summed E-state index contributed by atoms with van der Waals surface area (Å²) in [7, 11) is -1.34. The Morgan fingerprint density at radius 1 is 1.44 bits per heavy atom. The van der Waals surface area contributed by atoms with Gasteiger partial charge in [-0.05, 0) is 39.7 Å². The van der Waals surface area contributed by atoms with Gasteiger partial charge in [0.05, 0.1) is 5.25 Å². The maximum atomic E-state index is 12.3. The van der Waals surface area contributed by atoms with Gasteiger partial charge in [0.2, 0.25) is 10.0 Å². The molecule has 1 aliphatic heterocycles. The Balaban J connectivity index is 2.75. The SMILES string of the molecule is CNCC(C)S(=O)(=O)N1CCC(C)CC1C. The Bertz CT molecular complexity index is 316. The van der Waals surface area contributed by atoms with Crippen molar-refractivity contribution in [2.45, 2.75) is 44.9 Å². The van der Waals surface area contributed by atoms with Crippen LogP contribution in [0.2, 0.25) is 0 Å². The molecule has 1 N–H and O–H groups in total. The van der Waals surface area contributed by atoms with Gasteiger partial charge in [-0.15, -0.1) is 0 Å². The quantitative estimate of drug-likeness (QED) is 0.809. The van der Waals surface area contributed by atoms with E-state index in [0.717, 1.165) is 12.8 Å². The lowest BCUT2D eigenvalue weighted by atomic mass is 9.95. The van der Waals surface area contributed by atoms with Crippen molar-refractivity contribution in [3.05, 3.63) is 0 Å². The lowest BCUT2D eigenvalue weighted by Crippen LogP contribution is -2.49. The predicted molar refractivity (Wildman–Crippen MR) is 66.9 cm³/mol. The first kappa shape index (κ1) is 13.9. The fourth-order valence-corrected chi connectivity index (χ4v) is 4.17. The molecule has 3 unspecified atom stereocenters. The third-order valence-electron chi connectivity index (χ3n) is 3.40. The minimum Gasteiger partial charge on any atom is -0.318 e. The highest BCUT2D eigenvalue weighted by atomic mass is 32.2. The van der Waals surface area contributed by atoms with Crippen molar-refractivity contribution < 1.29 is 8.42 Å². The minimum atomic E-state index is -3.13. The number of nitrogens with zero attached hydrogens (tertiary/aromatic N) is 1. The summed E-state index contributed by atoms with van der Waals surface area (Å²) >= 11 is 0.